The van der Waals surface area contributed by atoms with E-state index in [0.717, 1.165) is 15.7 Å². The van der Waals surface area contributed by atoms with Crippen LogP contribution in [0, 0.1) is 0 Å². The molecule has 5 heteroatoms. The molecule has 0 radical (unpaired) electrons. The van der Waals surface area contributed by atoms with Crippen molar-refractivity contribution < 1.29 is 9.53 Å². The molecule has 1 saturated heterocycles. The van der Waals surface area contributed by atoms with Gasteiger partial charge in [-0.05, 0) is 33.6 Å². The van der Waals surface area contributed by atoms with Gasteiger partial charge in [0.25, 0.3) is 0 Å². The van der Waals surface area contributed by atoms with Crippen molar-refractivity contribution >= 4 is 22.0 Å². The van der Waals surface area contributed by atoms with E-state index in [4.69, 9.17) is 4.74 Å². The molecule has 1 aromatic heterocycles. The summed E-state index contributed by atoms with van der Waals surface area (Å²) in [5.74, 6) is 0. The summed E-state index contributed by atoms with van der Waals surface area (Å²) in [6.45, 7) is 1.09. The average molecular weight is 333 g/mol. The lowest BCUT2D eigenvalue weighted by atomic mass is 10.2. The fourth-order valence-electron chi connectivity index (χ4n) is 2.17. The molecule has 2 heterocycles. The van der Waals surface area contributed by atoms with Gasteiger partial charge in [0, 0.05) is 17.2 Å². The van der Waals surface area contributed by atoms with Gasteiger partial charge in [0.1, 0.15) is 0 Å². The van der Waals surface area contributed by atoms with Crippen LogP contribution >= 0.6 is 15.9 Å². The first-order chi connectivity index (χ1) is 9.72. The number of ether oxygens (including phenoxy) is 1. The molecule has 4 nitrogen and oxygen atoms in total. The summed E-state index contributed by atoms with van der Waals surface area (Å²) in [5.41, 5.74) is 1.87. The lowest BCUT2D eigenvalue weighted by Crippen LogP contribution is -2.23. The van der Waals surface area contributed by atoms with E-state index in [-0.39, 0.29) is 12.2 Å². The molecule has 1 atom stereocenters. The van der Waals surface area contributed by atoms with E-state index in [1.165, 1.54) is 0 Å². The van der Waals surface area contributed by atoms with Crippen LogP contribution in [0.4, 0.5) is 4.79 Å². The zero-order chi connectivity index (χ0) is 13.9. The Kier molecular flexibility index (Phi) is 3.69. The molecule has 2 aromatic rings. The molecule has 1 fully saturated rings. The Labute approximate surface area is 125 Å². The maximum Gasteiger partial charge on any atom is 0.410 e. The minimum atomic E-state index is -0.292. The predicted molar refractivity (Wildman–Crippen MR) is 78.0 cm³/mol. The molecule has 0 spiro atoms. The van der Waals surface area contributed by atoms with Crippen molar-refractivity contribution in [2.24, 2.45) is 0 Å². The molecule has 3 rings (SSSR count). The van der Waals surface area contributed by atoms with Crippen molar-refractivity contribution in [3.8, 4) is 0 Å². The number of cyclic esters (lactones) is 1. The van der Waals surface area contributed by atoms with Crippen LogP contribution < -0.4 is 0 Å². The van der Waals surface area contributed by atoms with Crippen LogP contribution in [0.2, 0.25) is 0 Å². The number of rotatable bonds is 3. The number of nitrogens with zero attached hydrogens (tertiary/aromatic N) is 2. The molecule has 1 aliphatic rings. The number of hydrogen-bond donors (Lipinski definition) is 0. The van der Waals surface area contributed by atoms with E-state index in [1.807, 2.05) is 42.5 Å². The Morgan fingerprint density at radius 2 is 2.05 bits per heavy atom. The Hall–Kier alpha value is -1.88. The fraction of sp³-hybridized carbons (Fsp3) is 0.200. The van der Waals surface area contributed by atoms with E-state index < -0.39 is 0 Å². The molecule has 0 N–H and O–H groups in total. The van der Waals surface area contributed by atoms with Gasteiger partial charge in [0.15, 0.2) is 6.10 Å². The third-order valence-corrected chi connectivity index (χ3v) is 3.65. The maximum atomic E-state index is 11.9. The summed E-state index contributed by atoms with van der Waals surface area (Å²) in [5, 5.41) is 0. The SMILES string of the molecule is O=C1OC(c2ccc(Br)cn2)CN1Cc1ccccc1. The minimum Gasteiger partial charge on any atom is -0.438 e. The highest BCUT2D eigenvalue weighted by molar-refractivity contribution is 9.10. The second-order valence-corrected chi connectivity index (χ2v) is 5.56. The van der Waals surface area contributed by atoms with Crippen LogP contribution in [0.1, 0.15) is 17.4 Å². The van der Waals surface area contributed by atoms with Gasteiger partial charge >= 0.3 is 6.09 Å². The monoisotopic (exact) mass is 332 g/mol. The van der Waals surface area contributed by atoms with Crippen molar-refractivity contribution in [1.29, 1.82) is 0 Å². The van der Waals surface area contributed by atoms with Crippen LogP contribution in [-0.2, 0) is 11.3 Å². The Balaban J connectivity index is 1.70. The van der Waals surface area contributed by atoms with Gasteiger partial charge < -0.3 is 4.74 Å². The molecule has 0 bridgehead atoms. The largest absolute Gasteiger partial charge is 0.438 e. The summed E-state index contributed by atoms with van der Waals surface area (Å²) in [4.78, 5) is 17.9. The fourth-order valence-corrected chi connectivity index (χ4v) is 2.41. The number of halogens is 1. The van der Waals surface area contributed by atoms with Gasteiger partial charge in [-0.1, -0.05) is 30.3 Å². The minimum absolute atomic E-state index is 0.288. The second-order valence-electron chi connectivity index (χ2n) is 4.64. The second kappa shape index (κ2) is 5.63. The van der Waals surface area contributed by atoms with Gasteiger partial charge in [0.2, 0.25) is 0 Å². The molecule has 102 valence electrons. The highest BCUT2D eigenvalue weighted by atomic mass is 79.9. The van der Waals surface area contributed by atoms with E-state index in [1.54, 1.807) is 11.1 Å². The number of carbonyl (C=O) groups excluding carboxylic acids is 1. The average Bonchev–Trinajstić information content (AvgIpc) is 2.82. The van der Waals surface area contributed by atoms with Crippen molar-refractivity contribution in [3.05, 3.63) is 64.4 Å². The first kappa shape index (κ1) is 13.1. The molecule has 0 saturated carbocycles. The molecule has 1 unspecified atom stereocenters. The van der Waals surface area contributed by atoms with Crippen LogP contribution in [0.25, 0.3) is 0 Å². The highest BCUT2D eigenvalue weighted by Gasteiger charge is 2.32. The van der Waals surface area contributed by atoms with E-state index >= 15 is 0 Å². The third kappa shape index (κ3) is 2.82. The van der Waals surface area contributed by atoms with Crippen LogP contribution in [-0.4, -0.2) is 22.5 Å². The summed E-state index contributed by atoms with van der Waals surface area (Å²) in [7, 11) is 0. The molecular weight excluding hydrogens is 320 g/mol. The third-order valence-electron chi connectivity index (χ3n) is 3.18. The molecule has 1 aliphatic heterocycles. The summed E-state index contributed by atoms with van der Waals surface area (Å²) in [6.07, 6.45) is 1.13. The van der Waals surface area contributed by atoms with Gasteiger partial charge in [-0.3, -0.25) is 9.88 Å². The topological polar surface area (TPSA) is 42.4 Å². The summed E-state index contributed by atoms with van der Waals surface area (Å²) < 4.78 is 6.29. The summed E-state index contributed by atoms with van der Waals surface area (Å²) >= 11 is 3.34. The lowest BCUT2D eigenvalue weighted by molar-refractivity contribution is 0.130. The molecular formula is C15H13BrN2O2. The Morgan fingerprint density at radius 1 is 1.25 bits per heavy atom. The maximum absolute atomic E-state index is 11.9. The number of benzene rings is 1. The quantitative estimate of drug-likeness (QED) is 0.863. The zero-order valence-corrected chi connectivity index (χ0v) is 12.3. The van der Waals surface area contributed by atoms with Crippen molar-refractivity contribution in [1.82, 2.24) is 9.88 Å². The standard InChI is InChI=1S/C15H13BrN2O2/c16-12-6-7-13(17-8-12)14-10-18(15(19)20-14)9-11-4-2-1-3-5-11/h1-8,14H,9-10H2. The van der Waals surface area contributed by atoms with Gasteiger partial charge in [-0.15, -0.1) is 0 Å². The number of carbonyl (C=O) groups is 1. The van der Waals surface area contributed by atoms with E-state index in [0.29, 0.717) is 13.1 Å². The van der Waals surface area contributed by atoms with Crippen molar-refractivity contribution in [3.63, 3.8) is 0 Å². The van der Waals surface area contributed by atoms with E-state index in [9.17, 15) is 4.79 Å². The number of pyridine rings is 1. The van der Waals surface area contributed by atoms with Crippen molar-refractivity contribution in [2.45, 2.75) is 12.6 Å². The molecule has 1 aromatic carbocycles. The summed E-state index contributed by atoms with van der Waals surface area (Å²) in [6, 6.07) is 13.6. The van der Waals surface area contributed by atoms with Gasteiger partial charge in [-0.2, -0.15) is 0 Å². The zero-order valence-electron chi connectivity index (χ0n) is 10.7. The van der Waals surface area contributed by atoms with Gasteiger partial charge in [-0.25, -0.2) is 4.79 Å². The van der Waals surface area contributed by atoms with Crippen molar-refractivity contribution in [2.75, 3.05) is 6.54 Å². The normalized spacial score (nSPS) is 18.1. The lowest BCUT2D eigenvalue weighted by Gasteiger charge is -2.12. The smallest absolute Gasteiger partial charge is 0.410 e. The molecule has 20 heavy (non-hydrogen) atoms. The van der Waals surface area contributed by atoms with Crippen LogP contribution in [0.15, 0.2) is 53.1 Å². The van der Waals surface area contributed by atoms with Crippen LogP contribution in [0.5, 0.6) is 0 Å². The van der Waals surface area contributed by atoms with Gasteiger partial charge in [0.05, 0.1) is 12.2 Å². The highest BCUT2D eigenvalue weighted by Crippen LogP contribution is 2.26. The predicted octanol–water partition coefficient (Wildman–Crippen LogP) is 3.54. The first-order valence-corrected chi connectivity index (χ1v) is 7.12. The Bertz CT molecular complexity index is 601. The van der Waals surface area contributed by atoms with Crippen LogP contribution in [0.3, 0.4) is 0 Å². The molecule has 0 aliphatic carbocycles. The molecule has 1 amide bonds. The number of hydrogen-bond acceptors (Lipinski definition) is 3. The van der Waals surface area contributed by atoms with E-state index in [2.05, 4.69) is 20.9 Å². The number of aromatic nitrogens is 1. The first-order valence-electron chi connectivity index (χ1n) is 6.33. The Morgan fingerprint density at radius 3 is 2.75 bits per heavy atom. The number of amides is 1.